The van der Waals surface area contributed by atoms with Gasteiger partial charge in [0, 0.05) is 6.54 Å². The fraction of sp³-hybridized carbons (Fsp3) is 0.474. The Morgan fingerprint density at radius 3 is 2.92 bits per heavy atom. The molecule has 1 aliphatic heterocycles. The van der Waals surface area contributed by atoms with Crippen molar-refractivity contribution in [2.75, 3.05) is 19.6 Å². The third kappa shape index (κ3) is 4.03. The molecule has 5 nitrogen and oxygen atoms in total. The van der Waals surface area contributed by atoms with Gasteiger partial charge in [-0.3, -0.25) is 9.48 Å². The van der Waals surface area contributed by atoms with E-state index < -0.39 is 0 Å². The maximum absolute atomic E-state index is 12.5. The van der Waals surface area contributed by atoms with Gasteiger partial charge in [-0.25, -0.2) is 0 Å². The number of hydrogen-bond donors (Lipinski definition) is 2. The predicted molar refractivity (Wildman–Crippen MR) is 95.1 cm³/mol. The third-order valence-electron chi connectivity index (χ3n) is 4.65. The number of carbonyl (C=O) groups excluding carboxylic acids is 1. The summed E-state index contributed by atoms with van der Waals surface area (Å²) in [7, 11) is 0. The first-order valence-corrected chi connectivity index (χ1v) is 8.85. The van der Waals surface area contributed by atoms with Crippen molar-refractivity contribution in [3.05, 3.63) is 53.3 Å². The molecule has 1 aromatic carbocycles. The van der Waals surface area contributed by atoms with E-state index in [1.165, 1.54) is 18.4 Å². The largest absolute Gasteiger partial charge is 0.352 e. The molecule has 1 aliphatic rings. The molecule has 1 aromatic heterocycles. The summed E-state index contributed by atoms with van der Waals surface area (Å²) >= 11 is 0. The summed E-state index contributed by atoms with van der Waals surface area (Å²) in [6.45, 7) is 5.59. The minimum atomic E-state index is -0.00302. The van der Waals surface area contributed by atoms with Gasteiger partial charge < -0.3 is 10.6 Å². The summed E-state index contributed by atoms with van der Waals surface area (Å²) in [4.78, 5) is 12.5. The van der Waals surface area contributed by atoms with Crippen molar-refractivity contribution in [3.8, 4) is 0 Å². The van der Waals surface area contributed by atoms with Crippen LogP contribution in [0.3, 0.4) is 0 Å². The molecule has 2 aromatic rings. The molecule has 0 saturated carbocycles. The Bertz CT molecular complexity index is 659. The Labute approximate surface area is 143 Å². The lowest BCUT2D eigenvalue weighted by molar-refractivity contribution is 0.0943. The van der Waals surface area contributed by atoms with Crippen molar-refractivity contribution < 1.29 is 4.79 Å². The minimum Gasteiger partial charge on any atom is -0.352 e. The van der Waals surface area contributed by atoms with E-state index in [4.69, 9.17) is 0 Å². The van der Waals surface area contributed by atoms with Crippen molar-refractivity contribution in [1.82, 2.24) is 20.4 Å². The second-order valence-corrected chi connectivity index (χ2v) is 6.42. The molecule has 24 heavy (non-hydrogen) atoms. The zero-order valence-corrected chi connectivity index (χ0v) is 14.3. The highest BCUT2D eigenvalue weighted by molar-refractivity contribution is 5.95. The maximum atomic E-state index is 12.5. The number of rotatable bonds is 6. The van der Waals surface area contributed by atoms with Crippen LogP contribution in [0.15, 0.2) is 36.5 Å². The highest BCUT2D eigenvalue weighted by atomic mass is 16.1. The Balaban J connectivity index is 1.65. The number of piperidine rings is 1. The molecule has 128 valence electrons. The molecular formula is C19H26N4O. The second-order valence-electron chi connectivity index (χ2n) is 6.42. The standard InChI is InChI=1S/C19H26N4O/c1-2-18-17(19(24)21-12-16-9-6-10-20-11-16)13-22-23(18)14-15-7-4-3-5-8-15/h3-5,7-8,13,16,20H,2,6,9-12,14H2,1H3,(H,21,24). The van der Waals surface area contributed by atoms with Crippen molar-refractivity contribution >= 4 is 5.91 Å². The molecular weight excluding hydrogens is 300 g/mol. The van der Waals surface area contributed by atoms with Crippen molar-refractivity contribution in [1.29, 1.82) is 0 Å². The van der Waals surface area contributed by atoms with Crippen LogP contribution in [0.2, 0.25) is 0 Å². The fourth-order valence-corrected chi connectivity index (χ4v) is 3.30. The summed E-state index contributed by atoms with van der Waals surface area (Å²) in [6.07, 6.45) is 4.87. The van der Waals surface area contributed by atoms with E-state index in [9.17, 15) is 4.79 Å². The van der Waals surface area contributed by atoms with Crippen molar-refractivity contribution in [3.63, 3.8) is 0 Å². The van der Waals surface area contributed by atoms with Gasteiger partial charge in [0.05, 0.1) is 24.0 Å². The number of aromatic nitrogens is 2. The van der Waals surface area contributed by atoms with Crippen molar-refractivity contribution in [2.24, 2.45) is 5.92 Å². The van der Waals surface area contributed by atoms with Gasteiger partial charge in [-0.05, 0) is 43.8 Å². The molecule has 1 saturated heterocycles. The number of nitrogens with one attached hydrogen (secondary N) is 2. The molecule has 1 fully saturated rings. The van der Waals surface area contributed by atoms with E-state index in [0.29, 0.717) is 18.0 Å². The van der Waals surface area contributed by atoms with Gasteiger partial charge in [0.25, 0.3) is 5.91 Å². The van der Waals surface area contributed by atoms with Gasteiger partial charge >= 0.3 is 0 Å². The molecule has 0 aliphatic carbocycles. The Morgan fingerprint density at radius 2 is 2.21 bits per heavy atom. The average Bonchev–Trinajstić information content (AvgIpc) is 3.04. The van der Waals surface area contributed by atoms with Crippen LogP contribution < -0.4 is 10.6 Å². The van der Waals surface area contributed by atoms with E-state index in [-0.39, 0.29) is 5.91 Å². The molecule has 0 spiro atoms. The number of benzene rings is 1. The van der Waals surface area contributed by atoms with Crippen LogP contribution in [-0.4, -0.2) is 35.3 Å². The van der Waals surface area contributed by atoms with Crippen LogP contribution in [-0.2, 0) is 13.0 Å². The average molecular weight is 326 g/mol. The predicted octanol–water partition coefficient (Wildman–Crippen LogP) is 2.22. The summed E-state index contributed by atoms with van der Waals surface area (Å²) in [5.41, 5.74) is 2.89. The molecule has 1 amide bonds. The van der Waals surface area contributed by atoms with E-state index in [0.717, 1.165) is 31.7 Å². The van der Waals surface area contributed by atoms with Crippen LogP contribution in [0.25, 0.3) is 0 Å². The van der Waals surface area contributed by atoms with Crippen LogP contribution in [0.4, 0.5) is 0 Å². The SMILES string of the molecule is CCc1c(C(=O)NCC2CCCNC2)cnn1Cc1ccccc1. The van der Waals surface area contributed by atoms with E-state index in [2.05, 4.69) is 34.8 Å². The Kier molecular flexibility index (Phi) is 5.64. The monoisotopic (exact) mass is 326 g/mol. The first-order valence-electron chi connectivity index (χ1n) is 8.85. The van der Waals surface area contributed by atoms with Crippen LogP contribution in [0.1, 0.15) is 41.4 Å². The van der Waals surface area contributed by atoms with Gasteiger partial charge in [0.15, 0.2) is 0 Å². The van der Waals surface area contributed by atoms with E-state index >= 15 is 0 Å². The maximum Gasteiger partial charge on any atom is 0.254 e. The topological polar surface area (TPSA) is 59.0 Å². The van der Waals surface area contributed by atoms with Crippen LogP contribution in [0, 0.1) is 5.92 Å². The lowest BCUT2D eigenvalue weighted by Gasteiger charge is -2.22. The number of nitrogens with zero attached hydrogens (tertiary/aromatic N) is 2. The molecule has 3 rings (SSSR count). The van der Waals surface area contributed by atoms with Gasteiger partial charge in [-0.15, -0.1) is 0 Å². The second kappa shape index (κ2) is 8.11. The third-order valence-corrected chi connectivity index (χ3v) is 4.65. The van der Waals surface area contributed by atoms with Gasteiger partial charge in [0.2, 0.25) is 0 Å². The number of amides is 1. The molecule has 2 heterocycles. The normalized spacial score (nSPS) is 17.6. The molecule has 0 radical (unpaired) electrons. The zero-order valence-electron chi connectivity index (χ0n) is 14.3. The summed E-state index contributed by atoms with van der Waals surface area (Å²) < 4.78 is 1.94. The highest BCUT2D eigenvalue weighted by Crippen LogP contribution is 2.13. The number of hydrogen-bond acceptors (Lipinski definition) is 3. The fourth-order valence-electron chi connectivity index (χ4n) is 3.30. The Morgan fingerprint density at radius 1 is 1.38 bits per heavy atom. The lowest BCUT2D eigenvalue weighted by atomic mass is 9.99. The molecule has 0 bridgehead atoms. The molecule has 1 atom stereocenters. The minimum absolute atomic E-state index is 0.00302. The van der Waals surface area contributed by atoms with Gasteiger partial charge in [0.1, 0.15) is 0 Å². The summed E-state index contributed by atoms with van der Waals surface area (Å²) in [5.74, 6) is 0.531. The first-order chi connectivity index (χ1) is 11.8. The van der Waals surface area contributed by atoms with Crippen LogP contribution in [0.5, 0.6) is 0 Å². The van der Waals surface area contributed by atoms with Crippen LogP contribution >= 0.6 is 0 Å². The number of carbonyl (C=O) groups is 1. The van der Waals surface area contributed by atoms with E-state index in [1.807, 2.05) is 22.9 Å². The smallest absolute Gasteiger partial charge is 0.254 e. The first kappa shape index (κ1) is 16.7. The van der Waals surface area contributed by atoms with Gasteiger partial charge in [-0.1, -0.05) is 37.3 Å². The zero-order chi connectivity index (χ0) is 16.8. The Hall–Kier alpha value is -2.14. The summed E-state index contributed by atoms with van der Waals surface area (Å²) in [6, 6.07) is 10.2. The quantitative estimate of drug-likeness (QED) is 0.856. The highest BCUT2D eigenvalue weighted by Gasteiger charge is 2.18. The molecule has 1 unspecified atom stereocenters. The molecule has 5 heteroatoms. The molecule has 2 N–H and O–H groups in total. The lowest BCUT2D eigenvalue weighted by Crippen LogP contribution is -2.38. The van der Waals surface area contributed by atoms with E-state index in [1.54, 1.807) is 6.20 Å². The van der Waals surface area contributed by atoms with Crippen molar-refractivity contribution in [2.45, 2.75) is 32.7 Å². The summed E-state index contributed by atoms with van der Waals surface area (Å²) in [5, 5.41) is 10.9. The van der Waals surface area contributed by atoms with Gasteiger partial charge in [-0.2, -0.15) is 5.10 Å².